The van der Waals surface area contributed by atoms with E-state index >= 15 is 0 Å². The highest BCUT2D eigenvalue weighted by atomic mass is 35.5. The maximum atomic E-state index is 13.9. The molecule has 1 amide bonds. The van der Waals surface area contributed by atoms with Crippen molar-refractivity contribution in [1.29, 1.82) is 0 Å². The zero-order valence-electron chi connectivity index (χ0n) is 14.7. The first kappa shape index (κ1) is 18.6. The van der Waals surface area contributed by atoms with Crippen molar-refractivity contribution in [2.24, 2.45) is 0 Å². The van der Waals surface area contributed by atoms with E-state index in [-0.39, 0.29) is 12.3 Å². The summed E-state index contributed by atoms with van der Waals surface area (Å²) in [4.78, 5) is 16.9. The molecule has 4 nitrogen and oxygen atoms in total. The smallest absolute Gasteiger partial charge is 0.227 e. The molecule has 1 aromatic carbocycles. The lowest BCUT2D eigenvalue weighted by atomic mass is 9.98. The Kier molecular flexibility index (Phi) is 6.31. The Bertz CT molecular complexity index is 577. The van der Waals surface area contributed by atoms with E-state index in [1.54, 1.807) is 19.2 Å². The molecule has 0 unspecified atom stereocenters. The van der Waals surface area contributed by atoms with E-state index in [0.717, 1.165) is 51.9 Å². The van der Waals surface area contributed by atoms with Gasteiger partial charge in [-0.05, 0) is 37.8 Å². The number of benzene rings is 1. The van der Waals surface area contributed by atoms with E-state index in [2.05, 4.69) is 4.90 Å². The van der Waals surface area contributed by atoms with E-state index in [9.17, 15) is 9.18 Å². The Balaban J connectivity index is 1.50. The number of methoxy groups -OCH3 is 1. The van der Waals surface area contributed by atoms with E-state index < -0.39 is 5.82 Å². The molecular weight excluding hydrogens is 343 g/mol. The molecule has 0 N–H and O–H groups in total. The summed E-state index contributed by atoms with van der Waals surface area (Å²) in [5.74, 6) is -0.444. The largest absolute Gasteiger partial charge is 0.381 e. The van der Waals surface area contributed by atoms with Crippen LogP contribution in [-0.2, 0) is 16.0 Å². The fraction of sp³-hybridized carbons (Fsp3) is 0.632. The average Bonchev–Trinajstić information content (AvgIpc) is 2.65. The van der Waals surface area contributed by atoms with Crippen LogP contribution in [0.4, 0.5) is 4.39 Å². The highest BCUT2D eigenvalue weighted by Crippen LogP contribution is 2.24. The summed E-state index contributed by atoms with van der Waals surface area (Å²) in [6.07, 6.45) is 4.56. The van der Waals surface area contributed by atoms with Crippen molar-refractivity contribution < 1.29 is 13.9 Å². The molecule has 6 heteroatoms. The molecule has 0 spiro atoms. The Hall–Kier alpha value is -1.17. The molecule has 0 radical (unpaired) electrons. The average molecular weight is 369 g/mol. The predicted octanol–water partition coefficient (Wildman–Crippen LogP) is 3.12. The van der Waals surface area contributed by atoms with Gasteiger partial charge in [-0.3, -0.25) is 4.79 Å². The molecule has 2 aliphatic rings. The highest BCUT2D eigenvalue weighted by Gasteiger charge is 2.29. The number of ether oxygens (including phenoxy) is 1. The topological polar surface area (TPSA) is 32.8 Å². The van der Waals surface area contributed by atoms with Crippen LogP contribution in [0, 0.1) is 5.82 Å². The van der Waals surface area contributed by atoms with Gasteiger partial charge in [0.05, 0.1) is 12.5 Å². The highest BCUT2D eigenvalue weighted by molar-refractivity contribution is 6.31. The maximum absolute atomic E-state index is 13.9. The fourth-order valence-corrected chi connectivity index (χ4v) is 4.15. The Labute approximate surface area is 153 Å². The van der Waals surface area contributed by atoms with Gasteiger partial charge in [0.15, 0.2) is 0 Å². The Morgan fingerprint density at radius 3 is 2.48 bits per heavy atom. The van der Waals surface area contributed by atoms with Crippen molar-refractivity contribution in [2.45, 2.75) is 44.2 Å². The van der Waals surface area contributed by atoms with Crippen LogP contribution in [0.1, 0.15) is 31.2 Å². The standard InChI is InChI=1S/C19H26ClFN2O2/c1-25-15-7-11-22(12-8-15)14-5-9-23(10-6-14)19(24)13-16-17(20)3-2-4-18(16)21/h2-4,14-15H,5-13H2,1H3. The number of carbonyl (C=O) groups excluding carboxylic acids is 1. The molecule has 0 saturated carbocycles. The van der Waals surface area contributed by atoms with E-state index in [1.165, 1.54) is 6.07 Å². The summed E-state index contributed by atoms with van der Waals surface area (Å²) >= 11 is 6.03. The van der Waals surface area contributed by atoms with Gasteiger partial charge >= 0.3 is 0 Å². The maximum Gasteiger partial charge on any atom is 0.227 e. The number of piperidine rings is 2. The Morgan fingerprint density at radius 2 is 1.88 bits per heavy atom. The SMILES string of the molecule is COC1CCN(C2CCN(C(=O)Cc3c(F)cccc3Cl)CC2)CC1. The lowest BCUT2D eigenvalue weighted by Gasteiger charge is -2.41. The number of amides is 1. The van der Waals surface area contributed by atoms with Crippen LogP contribution < -0.4 is 0 Å². The molecule has 2 heterocycles. The molecule has 0 bridgehead atoms. The molecule has 2 fully saturated rings. The van der Waals surface area contributed by atoms with Gasteiger partial charge in [-0.2, -0.15) is 0 Å². The second-order valence-electron chi connectivity index (χ2n) is 6.96. The molecule has 0 atom stereocenters. The number of hydrogen-bond acceptors (Lipinski definition) is 3. The van der Waals surface area contributed by atoms with Crippen molar-refractivity contribution in [3.05, 3.63) is 34.6 Å². The number of carbonyl (C=O) groups is 1. The molecule has 3 rings (SSSR count). The normalized spacial score (nSPS) is 20.8. The molecule has 1 aromatic rings. The quantitative estimate of drug-likeness (QED) is 0.818. The molecule has 138 valence electrons. The zero-order chi connectivity index (χ0) is 17.8. The van der Waals surface area contributed by atoms with Crippen molar-refractivity contribution in [1.82, 2.24) is 9.80 Å². The van der Waals surface area contributed by atoms with Gasteiger partial charge in [0.1, 0.15) is 5.82 Å². The van der Waals surface area contributed by atoms with Crippen LogP contribution in [0.25, 0.3) is 0 Å². The third-order valence-corrected chi connectivity index (χ3v) is 5.89. The monoisotopic (exact) mass is 368 g/mol. The van der Waals surface area contributed by atoms with Gasteiger partial charge in [0.2, 0.25) is 5.91 Å². The summed E-state index contributed by atoms with van der Waals surface area (Å²) in [5.41, 5.74) is 0.304. The molecule has 2 saturated heterocycles. The van der Waals surface area contributed by atoms with Crippen molar-refractivity contribution in [3.63, 3.8) is 0 Å². The first-order valence-electron chi connectivity index (χ1n) is 9.06. The van der Waals surface area contributed by atoms with Crippen molar-refractivity contribution in [3.8, 4) is 0 Å². The summed E-state index contributed by atoms with van der Waals surface area (Å²) in [5, 5.41) is 0.323. The lowest BCUT2D eigenvalue weighted by Crippen LogP contribution is -2.50. The van der Waals surface area contributed by atoms with E-state index in [4.69, 9.17) is 16.3 Å². The summed E-state index contributed by atoms with van der Waals surface area (Å²) in [6, 6.07) is 5.08. The van der Waals surface area contributed by atoms with Crippen LogP contribution >= 0.6 is 11.6 Å². The van der Waals surface area contributed by atoms with Gasteiger partial charge in [-0.25, -0.2) is 4.39 Å². The van der Waals surface area contributed by atoms with Gasteiger partial charge in [-0.1, -0.05) is 17.7 Å². The van der Waals surface area contributed by atoms with Crippen LogP contribution in [0.5, 0.6) is 0 Å². The molecule has 25 heavy (non-hydrogen) atoms. The molecule has 0 aliphatic carbocycles. The number of hydrogen-bond donors (Lipinski definition) is 0. The second kappa shape index (κ2) is 8.47. The second-order valence-corrected chi connectivity index (χ2v) is 7.37. The minimum atomic E-state index is -0.406. The minimum absolute atomic E-state index is 0.0371. The summed E-state index contributed by atoms with van der Waals surface area (Å²) in [7, 11) is 1.78. The molecule has 0 aromatic heterocycles. The summed E-state index contributed by atoms with van der Waals surface area (Å²) < 4.78 is 19.3. The van der Waals surface area contributed by atoms with Crippen LogP contribution in [0.2, 0.25) is 5.02 Å². The van der Waals surface area contributed by atoms with Gasteiger partial charge in [-0.15, -0.1) is 0 Å². The predicted molar refractivity (Wildman–Crippen MR) is 96.3 cm³/mol. The number of halogens is 2. The third kappa shape index (κ3) is 4.52. The first-order valence-corrected chi connectivity index (χ1v) is 9.43. The van der Waals surface area contributed by atoms with Crippen LogP contribution in [-0.4, -0.2) is 61.1 Å². The van der Waals surface area contributed by atoms with Crippen molar-refractivity contribution in [2.75, 3.05) is 33.3 Å². The first-order chi connectivity index (χ1) is 12.1. The van der Waals surface area contributed by atoms with Gasteiger partial charge in [0, 0.05) is 49.9 Å². The van der Waals surface area contributed by atoms with E-state index in [1.807, 2.05) is 4.90 Å². The van der Waals surface area contributed by atoms with Crippen molar-refractivity contribution >= 4 is 17.5 Å². The number of nitrogens with zero attached hydrogens (tertiary/aromatic N) is 2. The summed E-state index contributed by atoms with van der Waals surface area (Å²) in [6.45, 7) is 3.61. The minimum Gasteiger partial charge on any atom is -0.381 e. The zero-order valence-corrected chi connectivity index (χ0v) is 15.5. The van der Waals surface area contributed by atoms with Gasteiger partial charge < -0.3 is 14.5 Å². The van der Waals surface area contributed by atoms with Gasteiger partial charge in [0.25, 0.3) is 0 Å². The molecule has 2 aliphatic heterocycles. The number of likely N-dealkylation sites (tertiary alicyclic amines) is 2. The van der Waals surface area contributed by atoms with Crippen LogP contribution in [0.3, 0.4) is 0 Å². The third-order valence-electron chi connectivity index (χ3n) is 5.53. The lowest BCUT2D eigenvalue weighted by molar-refractivity contribution is -0.132. The Morgan fingerprint density at radius 1 is 1.20 bits per heavy atom. The van der Waals surface area contributed by atoms with E-state index in [0.29, 0.717) is 22.7 Å². The molecular formula is C19H26ClFN2O2. The fourth-order valence-electron chi connectivity index (χ4n) is 3.92. The van der Waals surface area contributed by atoms with Crippen LogP contribution in [0.15, 0.2) is 18.2 Å². The number of rotatable bonds is 4.